The predicted molar refractivity (Wildman–Crippen MR) is 103 cm³/mol. The summed E-state index contributed by atoms with van der Waals surface area (Å²) in [6.45, 7) is 2.69. The topological polar surface area (TPSA) is 83.9 Å². The quantitative estimate of drug-likeness (QED) is 0.804. The zero-order valence-corrected chi connectivity index (χ0v) is 15.6. The fraction of sp³-hybridized carbons (Fsp3) is 0.429. The van der Waals surface area contributed by atoms with E-state index in [0.717, 1.165) is 13.1 Å². The summed E-state index contributed by atoms with van der Waals surface area (Å²) in [6, 6.07) is 12.5. The molecule has 1 saturated heterocycles. The Bertz CT molecular complexity index is 768. The Kier molecular flexibility index (Phi) is 5.85. The molecule has 7 heteroatoms. The molecule has 2 fully saturated rings. The van der Waals surface area contributed by atoms with Crippen LogP contribution in [0.1, 0.15) is 16.8 Å². The van der Waals surface area contributed by atoms with Crippen molar-refractivity contribution in [2.45, 2.75) is 30.7 Å². The van der Waals surface area contributed by atoms with Gasteiger partial charge >= 0.3 is 0 Å². The van der Waals surface area contributed by atoms with Gasteiger partial charge in [-0.25, -0.2) is 0 Å². The van der Waals surface area contributed by atoms with Crippen LogP contribution >= 0.6 is 0 Å². The van der Waals surface area contributed by atoms with Gasteiger partial charge in [0.2, 0.25) is 0 Å². The van der Waals surface area contributed by atoms with Gasteiger partial charge in [0.05, 0.1) is 30.9 Å². The van der Waals surface area contributed by atoms with Gasteiger partial charge in [0.1, 0.15) is 18.0 Å². The van der Waals surface area contributed by atoms with Crippen LogP contribution in [0.3, 0.4) is 0 Å². The van der Waals surface area contributed by atoms with Crippen LogP contribution in [-0.2, 0) is 4.74 Å². The van der Waals surface area contributed by atoms with Gasteiger partial charge in [-0.3, -0.25) is 14.7 Å². The standard InChI is InChI=1S/C21H25N3O4/c25-20-18(28-16-6-2-1-3-7-16)13-17(19(20)24-9-11-27-12-10-24)23-21(26)15-5-4-8-22-14-15/h1-8,14,17-20,25H,9-13H2,(H,23,26)/t17-,18-,19+,20+/m1/s1. The molecule has 2 heterocycles. The lowest BCUT2D eigenvalue weighted by Gasteiger charge is -2.37. The highest BCUT2D eigenvalue weighted by Crippen LogP contribution is 2.30. The molecule has 1 aromatic heterocycles. The third-order valence-corrected chi connectivity index (χ3v) is 5.37. The number of hydrogen-bond donors (Lipinski definition) is 2. The average molecular weight is 383 g/mol. The first kappa shape index (κ1) is 18.9. The van der Waals surface area contributed by atoms with E-state index in [2.05, 4.69) is 15.2 Å². The van der Waals surface area contributed by atoms with Crippen molar-refractivity contribution in [2.75, 3.05) is 26.3 Å². The number of aromatic nitrogens is 1. The van der Waals surface area contributed by atoms with Crippen molar-refractivity contribution in [3.8, 4) is 5.75 Å². The summed E-state index contributed by atoms with van der Waals surface area (Å²) in [5.74, 6) is 0.524. The Morgan fingerprint density at radius 3 is 2.68 bits per heavy atom. The smallest absolute Gasteiger partial charge is 0.253 e. The van der Waals surface area contributed by atoms with Crippen molar-refractivity contribution in [2.24, 2.45) is 0 Å². The Hall–Kier alpha value is -2.48. The summed E-state index contributed by atoms with van der Waals surface area (Å²) in [4.78, 5) is 18.9. The van der Waals surface area contributed by atoms with Crippen LogP contribution in [0.2, 0.25) is 0 Å². The molecule has 2 aliphatic rings. The second kappa shape index (κ2) is 8.68. The van der Waals surface area contributed by atoms with Gasteiger partial charge in [-0.2, -0.15) is 0 Å². The van der Waals surface area contributed by atoms with Crippen molar-refractivity contribution < 1.29 is 19.4 Å². The largest absolute Gasteiger partial charge is 0.488 e. The Morgan fingerprint density at radius 2 is 1.96 bits per heavy atom. The number of carbonyl (C=O) groups is 1. The van der Waals surface area contributed by atoms with E-state index >= 15 is 0 Å². The van der Waals surface area contributed by atoms with Crippen LogP contribution in [0.4, 0.5) is 0 Å². The monoisotopic (exact) mass is 383 g/mol. The fourth-order valence-corrected chi connectivity index (χ4v) is 4.02. The number of rotatable bonds is 5. The number of nitrogens with one attached hydrogen (secondary N) is 1. The molecule has 1 saturated carbocycles. The molecule has 28 heavy (non-hydrogen) atoms. The molecule has 1 aliphatic carbocycles. The maximum atomic E-state index is 12.7. The van der Waals surface area contributed by atoms with Crippen LogP contribution in [0.25, 0.3) is 0 Å². The van der Waals surface area contributed by atoms with E-state index in [1.54, 1.807) is 24.5 Å². The maximum Gasteiger partial charge on any atom is 0.253 e. The van der Waals surface area contributed by atoms with E-state index < -0.39 is 12.2 Å². The molecule has 2 aromatic rings. The number of aliphatic hydroxyl groups excluding tert-OH is 1. The molecule has 0 radical (unpaired) electrons. The highest BCUT2D eigenvalue weighted by molar-refractivity contribution is 5.94. The number of aliphatic hydroxyl groups is 1. The lowest BCUT2D eigenvalue weighted by Crippen LogP contribution is -2.56. The minimum Gasteiger partial charge on any atom is -0.488 e. The summed E-state index contributed by atoms with van der Waals surface area (Å²) in [6.07, 6.45) is 2.61. The molecule has 1 aliphatic heterocycles. The number of carbonyl (C=O) groups excluding carboxylic acids is 1. The molecule has 1 aromatic carbocycles. The van der Waals surface area contributed by atoms with Gasteiger partial charge in [0.15, 0.2) is 0 Å². The minimum absolute atomic E-state index is 0.191. The number of amides is 1. The highest BCUT2D eigenvalue weighted by Gasteiger charge is 2.47. The van der Waals surface area contributed by atoms with Crippen molar-refractivity contribution >= 4 is 5.91 Å². The van der Waals surface area contributed by atoms with Crippen LogP contribution < -0.4 is 10.1 Å². The first-order valence-corrected chi connectivity index (χ1v) is 9.65. The fourth-order valence-electron chi connectivity index (χ4n) is 4.02. The number of benzene rings is 1. The van der Waals surface area contributed by atoms with Gasteiger partial charge in [0, 0.05) is 31.9 Å². The molecule has 1 amide bonds. The van der Waals surface area contributed by atoms with Crippen LogP contribution in [0.15, 0.2) is 54.9 Å². The van der Waals surface area contributed by atoms with E-state index in [4.69, 9.17) is 9.47 Å². The zero-order chi connectivity index (χ0) is 19.3. The number of morpholine rings is 1. The van der Waals surface area contributed by atoms with Crippen molar-refractivity contribution in [1.29, 1.82) is 0 Å². The molecule has 7 nitrogen and oxygen atoms in total. The van der Waals surface area contributed by atoms with E-state index in [9.17, 15) is 9.90 Å². The Labute approximate surface area is 164 Å². The van der Waals surface area contributed by atoms with Gasteiger partial charge in [-0.05, 0) is 24.3 Å². The summed E-state index contributed by atoms with van der Waals surface area (Å²) < 4.78 is 11.5. The predicted octanol–water partition coefficient (Wildman–Crippen LogP) is 1.09. The summed E-state index contributed by atoms with van der Waals surface area (Å²) in [5.41, 5.74) is 0.505. The number of para-hydroxylation sites is 1. The molecule has 0 spiro atoms. The molecular weight excluding hydrogens is 358 g/mol. The van der Waals surface area contributed by atoms with Gasteiger partial charge in [-0.1, -0.05) is 18.2 Å². The van der Waals surface area contributed by atoms with Gasteiger partial charge in [-0.15, -0.1) is 0 Å². The average Bonchev–Trinajstić information content (AvgIpc) is 3.04. The summed E-state index contributed by atoms with van der Waals surface area (Å²) >= 11 is 0. The van der Waals surface area contributed by atoms with Crippen LogP contribution in [0.5, 0.6) is 5.75 Å². The molecule has 148 valence electrons. The van der Waals surface area contributed by atoms with Gasteiger partial charge in [0.25, 0.3) is 5.91 Å². The second-order valence-corrected chi connectivity index (χ2v) is 7.16. The molecule has 0 unspecified atom stereocenters. The van der Waals surface area contributed by atoms with Gasteiger partial charge < -0.3 is 19.9 Å². The van der Waals surface area contributed by atoms with E-state index in [0.29, 0.717) is 30.9 Å². The molecule has 0 bridgehead atoms. The molecule has 4 atom stereocenters. The van der Waals surface area contributed by atoms with E-state index in [1.807, 2.05) is 30.3 Å². The lowest BCUT2D eigenvalue weighted by atomic mass is 10.1. The maximum absolute atomic E-state index is 12.7. The summed E-state index contributed by atoms with van der Waals surface area (Å²) in [5, 5.41) is 14.1. The molecule has 2 N–H and O–H groups in total. The third-order valence-electron chi connectivity index (χ3n) is 5.37. The van der Waals surface area contributed by atoms with Crippen LogP contribution in [0, 0.1) is 0 Å². The number of hydrogen-bond acceptors (Lipinski definition) is 6. The Balaban J connectivity index is 1.52. The number of ether oxygens (including phenoxy) is 2. The second-order valence-electron chi connectivity index (χ2n) is 7.16. The van der Waals surface area contributed by atoms with Crippen molar-refractivity contribution in [3.63, 3.8) is 0 Å². The Morgan fingerprint density at radius 1 is 1.18 bits per heavy atom. The highest BCUT2D eigenvalue weighted by atomic mass is 16.5. The molecular formula is C21H25N3O4. The molecule has 4 rings (SSSR count). The van der Waals surface area contributed by atoms with Crippen LogP contribution in [-0.4, -0.2) is 71.5 Å². The lowest BCUT2D eigenvalue weighted by molar-refractivity contribution is -0.0350. The summed E-state index contributed by atoms with van der Waals surface area (Å²) in [7, 11) is 0. The zero-order valence-electron chi connectivity index (χ0n) is 15.6. The van der Waals surface area contributed by atoms with E-state index in [1.165, 1.54) is 0 Å². The third kappa shape index (κ3) is 4.16. The number of pyridine rings is 1. The first-order chi connectivity index (χ1) is 13.7. The number of nitrogens with zero attached hydrogens (tertiary/aromatic N) is 2. The first-order valence-electron chi connectivity index (χ1n) is 9.65. The SMILES string of the molecule is O=C(N[C@@H]1C[C@@H](Oc2ccccc2)[C@H](O)[C@H]1N1CCOCC1)c1cccnc1. The van der Waals surface area contributed by atoms with Crippen molar-refractivity contribution in [1.82, 2.24) is 15.2 Å². The minimum atomic E-state index is -0.711. The normalized spacial score (nSPS) is 28.0. The van der Waals surface area contributed by atoms with E-state index in [-0.39, 0.29) is 18.0 Å². The van der Waals surface area contributed by atoms with Crippen molar-refractivity contribution in [3.05, 3.63) is 60.4 Å².